The lowest BCUT2D eigenvalue weighted by atomic mass is 10.2. The van der Waals surface area contributed by atoms with Crippen molar-refractivity contribution < 1.29 is 9.90 Å². The second kappa shape index (κ2) is 12.9. The van der Waals surface area contributed by atoms with E-state index in [1.807, 2.05) is 0 Å². The molecule has 0 aromatic rings. The van der Waals surface area contributed by atoms with Crippen molar-refractivity contribution in [2.24, 2.45) is 0 Å². The van der Waals surface area contributed by atoms with Gasteiger partial charge in [0.25, 0.3) is 0 Å². The monoisotopic (exact) mass is 175 g/mol. The van der Waals surface area contributed by atoms with Gasteiger partial charge >= 0.3 is 6.09 Å². The summed E-state index contributed by atoms with van der Waals surface area (Å²) in [5.74, 6) is 0. The first-order valence-corrected chi connectivity index (χ1v) is 4.65. The molecule has 12 heavy (non-hydrogen) atoms. The number of hydrogen-bond donors (Lipinski definition) is 2. The van der Waals surface area contributed by atoms with Crippen LogP contribution >= 0.6 is 0 Å². The molecule has 2 N–H and O–H groups in total. The van der Waals surface area contributed by atoms with E-state index in [1.165, 1.54) is 25.7 Å². The maximum atomic E-state index is 9.49. The molecular formula is C9H21NO2. The predicted octanol–water partition coefficient (Wildman–Crippen LogP) is 2.86. The molecule has 3 nitrogen and oxygen atoms in total. The minimum atomic E-state index is -0.961. The topological polar surface area (TPSA) is 49.3 Å². The molecule has 0 aliphatic heterocycles. The summed E-state index contributed by atoms with van der Waals surface area (Å²) in [6.07, 6.45) is 4.58. The number of amides is 1. The number of hydrogen-bond acceptors (Lipinski definition) is 1. The van der Waals surface area contributed by atoms with Gasteiger partial charge in [-0.2, -0.15) is 0 Å². The van der Waals surface area contributed by atoms with Crippen molar-refractivity contribution in [1.29, 1.82) is 0 Å². The average molecular weight is 175 g/mol. The van der Waals surface area contributed by atoms with Gasteiger partial charge < -0.3 is 10.4 Å². The maximum absolute atomic E-state index is 9.49. The highest BCUT2D eigenvalue weighted by Gasteiger charge is 1.83. The van der Waals surface area contributed by atoms with Gasteiger partial charge in [-0.3, -0.25) is 0 Å². The molecule has 0 aromatic heterocycles. The zero-order valence-electron chi connectivity index (χ0n) is 8.39. The third-order valence-electron chi connectivity index (χ3n) is 1.29. The summed E-state index contributed by atoms with van der Waals surface area (Å²) in [6, 6.07) is 0. The molecule has 0 heterocycles. The van der Waals surface area contributed by atoms with Crippen LogP contribution in [0.3, 0.4) is 0 Å². The smallest absolute Gasteiger partial charge is 0.404 e. The summed E-state index contributed by atoms with van der Waals surface area (Å²) >= 11 is 0. The highest BCUT2D eigenvalue weighted by molar-refractivity contribution is 5.64. The van der Waals surface area contributed by atoms with Crippen molar-refractivity contribution in [3.63, 3.8) is 0 Å². The predicted molar refractivity (Wildman–Crippen MR) is 51.5 cm³/mol. The molecule has 0 spiro atoms. The summed E-state index contributed by atoms with van der Waals surface area (Å²) in [7, 11) is 0. The third kappa shape index (κ3) is 22.8. The Morgan fingerprint density at radius 2 is 1.58 bits per heavy atom. The van der Waals surface area contributed by atoms with E-state index in [0.717, 1.165) is 0 Å². The lowest BCUT2D eigenvalue weighted by Crippen LogP contribution is -2.19. The van der Waals surface area contributed by atoms with Crippen molar-refractivity contribution in [2.45, 2.75) is 46.5 Å². The van der Waals surface area contributed by atoms with Crippen LogP contribution < -0.4 is 5.32 Å². The van der Waals surface area contributed by atoms with Crippen LogP contribution in [0.2, 0.25) is 0 Å². The summed E-state index contributed by atoms with van der Waals surface area (Å²) in [5, 5.41) is 9.93. The molecular weight excluding hydrogens is 154 g/mol. The van der Waals surface area contributed by atoms with Crippen LogP contribution in [-0.4, -0.2) is 17.7 Å². The first kappa shape index (κ1) is 13.8. The Kier molecular flexibility index (Phi) is 14.9. The van der Waals surface area contributed by atoms with Gasteiger partial charge in [0.15, 0.2) is 0 Å². The van der Waals surface area contributed by atoms with Gasteiger partial charge in [-0.25, -0.2) is 4.79 Å². The quantitative estimate of drug-likeness (QED) is 0.645. The highest BCUT2D eigenvalue weighted by Crippen LogP contribution is 1.95. The Morgan fingerprint density at radius 3 is 1.67 bits per heavy atom. The maximum Gasteiger partial charge on any atom is 0.404 e. The normalized spacial score (nSPS) is 8.25. The minimum absolute atomic E-state index is 0.481. The minimum Gasteiger partial charge on any atom is -0.465 e. The van der Waals surface area contributed by atoms with Gasteiger partial charge in [-0.15, -0.1) is 0 Å². The Bertz CT molecular complexity index is 90.5. The molecule has 0 atom stereocenters. The van der Waals surface area contributed by atoms with E-state index in [9.17, 15) is 4.79 Å². The molecule has 0 unspecified atom stereocenters. The van der Waals surface area contributed by atoms with E-state index in [0.29, 0.717) is 6.54 Å². The first-order valence-electron chi connectivity index (χ1n) is 4.65. The lowest BCUT2D eigenvalue weighted by molar-refractivity contribution is 0.195. The number of unbranched alkanes of at least 4 members (excludes halogenated alkanes) is 3. The number of carbonyl (C=O) groups is 1. The van der Waals surface area contributed by atoms with E-state index in [-0.39, 0.29) is 0 Å². The second-order valence-electron chi connectivity index (χ2n) is 2.54. The molecule has 0 rings (SSSR count). The molecule has 0 bridgehead atoms. The Hall–Kier alpha value is -0.730. The van der Waals surface area contributed by atoms with Crippen LogP contribution in [0.5, 0.6) is 0 Å². The van der Waals surface area contributed by atoms with E-state index in [2.05, 4.69) is 19.2 Å². The third-order valence-corrected chi connectivity index (χ3v) is 1.29. The SMILES string of the molecule is CCCCCC.CCNC(=O)O. The molecule has 0 aliphatic carbocycles. The summed E-state index contributed by atoms with van der Waals surface area (Å²) < 4.78 is 0. The van der Waals surface area contributed by atoms with Crippen molar-refractivity contribution in [1.82, 2.24) is 5.32 Å². The van der Waals surface area contributed by atoms with E-state index < -0.39 is 6.09 Å². The number of rotatable bonds is 4. The molecule has 0 fully saturated rings. The van der Waals surface area contributed by atoms with Gasteiger partial charge in [0.1, 0.15) is 0 Å². The molecule has 74 valence electrons. The average Bonchev–Trinajstić information content (AvgIpc) is 2.02. The molecule has 0 aliphatic rings. The second-order valence-corrected chi connectivity index (χ2v) is 2.54. The number of nitrogens with one attached hydrogen (secondary N) is 1. The Balaban J connectivity index is 0. The van der Waals surface area contributed by atoms with Gasteiger partial charge in [-0.05, 0) is 6.92 Å². The fourth-order valence-corrected chi connectivity index (χ4v) is 0.651. The zero-order valence-corrected chi connectivity index (χ0v) is 8.39. The molecule has 1 amide bonds. The largest absolute Gasteiger partial charge is 0.465 e. The fraction of sp³-hybridized carbons (Fsp3) is 0.889. The van der Waals surface area contributed by atoms with E-state index >= 15 is 0 Å². The zero-order chi connectivity index (χ0) is 9.82. The van der Waals surface area contributed by atoms with Crippen molar-refractivity contribution >= 4 is 6.09 Å². The molecule has 0 radical (unpaired) electrons. The van der Waals surface area contributed by atoms with Crippen molar-refractivity contribution in [3.05, 3.63) is 0 Å². The molecule has 3 heteroatoms. The van der Waals surface area contributed by atoms with E-state index in [1.54, 1.807) is 6.92 Å². The molecule has 0 saturated carbocycles. The van der Waals surface area contributed by atoms with Crippen LogP contribution in [0.1, 0.15) is 46.5 Å². The van der Waals surface area contributed by atoms with Crippen LogP contribution in [0.4, 0.5) is 4.79 Å². The van der Waals surface area contributed by atoms with Gasteiger partial charge in [0.05, 0.1) is 0 Å². The van der Waals surface area contributed by atoms with Gasteiger partial charge in [0.2, 0.25) is 0 Å². The Morgan fingerprint density at radius 1 is 1.17 bits per heavy atom. The van der Waals surface area contributed by atoms with Crippen LogP contribution in [0.15, 0.2) is 0 Å². The standard InChI is InChI=1S/C6H14.C3H7NO2/c1-3-5-6-4-2;1-2-4-3(5)6/h3-6H2,1-2H3;4H,2H2,1H3,(H,5,6). The summed E-state index contributed by atoms with van der Waals surface area (Å²) in [5.41, 5.74) is 0. The van der Waals surface area contributed by atoms with Crippen molar-refractivity contribution in [2.75, 3.05) is 6.54 Å². The fourth-order valence-electron chi connectivity index (χ4n) is 0.651. The van der Waals surface area contributed by atoms with Gasteiger partial charge in [-0.1, -0.05) is 39.5 Å². The van der Waals surface area contributed by atoms with Crippen LogP contribution in [-0.2, 0) is 0 Å². The summed E-state index contributed by atoms with van der Waals surface area (Å²) in [6.45, 7) is 6.68. The number of carboxylic acid groups (broad SMARTS) is 1. The molecule has 0 aromatic carbocycles. The van der Waals surface area contributed by atoms with Crippen LogP contribution in [0.25, 0.3) is 0 Å². The molecule has 0 saturated heterocycles. The van der Waals surface area contributed by atoms with Crippen molar-refractivity contribution in [3.8, 4) is 0 Å². The van der Waals surface area contributed by atoms with Crippen LogP contribution in [0, 0.1) is 0 Å². The first-order chi connectivity index (χ1) is 5.68. The summed E-state index contributed by atoms with van der Waals surface area (Å²) in [4.78, 5) is 9.49. The Labute approximate surface area is 75.2 Å². The highest BCUT2D eigenvalue weighted by atomic mass is 16.4. The lowest BCUT2D eigenvalue weighted by Gasteiger charge is -1.87. The van der Waals surface area contributed by atoms with Gasteiger partial charge in [0, 0.05) is 6.54 Å². The van der Waals surface area contributed by atoms with E-state index in [4.69, 9.17) is 5.11 Å².